The molecule has 0 amide bonds. The number of nitrogens with zero attached hydrogens (tertiary/aromatic N) is 4. The number of likely N-dealkylation sites (tertiary alicyclic amines) is 1. The molecule has 3 rings (SSSR count). The van der Waals surface area contributed by atoms with Crippen LogP contribution in [-0.2, 0) is 6.42 Å². The molecule has 9 heteroatoms. The predicted molar refractivity (Wildman–Crippen MR) is 143 cm³/mol. The first kappa shape index (κ1) is 28.9. The van der Waals surface area contributed by atoms with Crippen molar-refractivity contribution in [3.05, 3.63) is 65.0 Å². The van der Waals surface area contributed by atoms with Crippen LogP contribution in [0.2, 0.25) is 0 Å². The number of guanidine groups is 1. The Morgan fingerprint density at radius 2 is 1.82 bits per heavy atom. The number of rotatable bonds is 11. The Hall–Kier alpha value is -3.64. The fourth-order valence-electron chi connectivity index (χ4n) is 5.00. The number of piperidine rings is 1. The number of halogens is 2. The maximum atomic E-state index is 13.3. The molecule has 7 nitrogen and oxygen atoms in total. The minimum absolute atomic E-state index is 0.0267. The van der Waals surface area contributed by atoms with Crippen molar-refractivity contribution in [2.24, 2.45) is 16.6 Å². The third-order valence-electron chi connectivity index (χ3n) is 7.05. The number of carbonyl (C=O) groups excluding carboxylic acids is 2. The number of alkyl halides is 1. The second-order valence-corrected chi connectivity index (χ2v) is 9.84. The summed E-state index contributed by atoms with van der Waals surface area (Å²) in [5.41, 5.74) is 8.22. The summed E-state index contributed by atoms with van der Waals surface area (Å²) in [6.45, 7) is 3.91. The fraction of sp³-hybridized carbons (Fsp3) is 0.448. The lowest BCUT2D eigenvalue weighted by molar-refractivity contribution is 0.0958. The lowest BCUT2D eigenvalue weighted by Gasteiger charge is -2.39. The van der Waals surface area contributed by atoms with E-state index in [1.54, 1.807) is 0 Å². The zero-order chi connectivity index (χ0) is 27.7. The van der Waals surface area contributed by atoms with Crippen molar-refractivity contribution in [2.45, 2.75) is 52.0 Å². The van der Waals surface area contributed by atoms with Gasteiger partial charge in [0.1, 0.15) is 12.5 Å². The van der Waals surface area contributed by atoms with Gasteiger partial charge in [-0.05, 0) is 94.3 Å². The molecule has 0 bridgehead atoms. The van der Waals surface area contributed by atoms with Gasteiger partial charge >= 0.3 is 0 Å². The molecule has 2 N–H and O–H groups in total. The molecule has 0 saturated carbocycles. The van der Waals surface area contributed by atoms with Crippen LogP contribution in [-0.4, -0.2) is 59.7 Å². The quantitative estimate of drug-likeness (QED) is 0.146. The van der Waals surface area contributed by atoms with E-state index in [4.69, 9.17) is 5.73 Å². The number of benzene rings is 2. The zero-order valence-corrected chi connectivity index (χ0v) is 22.0. The Morgan fingerprint density at radius 1 is 1.16 bits per heavy atom. The molecule has 1 heterocycles. The predicted octanol–water partition coefficient (Wildman–Crippen LogP) is 5.03. The molecular formula is C29H35F2N5O2. The number of nitrogens with two attached hydrogens (primary N) is 1. The largest absolute Gasteiger partial charge is 0.369 e. The van der Waals surface area contributed by atoms with Gasteiger partial charge in [-0.25, -0.2) is 18.7 Å². The van der Waals surface area contributed by atoms with Crippen LogP contribution in [0.5, 0.6) is 0 Å². The van der Waals surface area contributed by atoms with Gasteiger partial charge in [-0.15, -0.1) is 0 Å². The maximum Gasteiger partial charge on any atom is 0.209 e. The van der Waals surface area contributed by atoms with Crippen LogP contribution in [0.15, 0.2) is 47.5 Å². The number of nitriles is 1. The molecule has 0 spiro atoms. The minimum Gasteiger partial charge on any atom is -0.369 e. The molecule has 38 heavy (non-hydrogen) atoms. The van der Waals surface area contributed by atoms with Gasteiger partial charge < -0.3 is 5.73 Å². The summed E-state index contributed by atoms with van der Waals surface area (Å²) in [6, 6.07) is 11.3. The highest BCUT2D eigenvalue weighted by molar-refractivity contribution is 6.01. The van der Waals surface area contributed by atoms with E-state index in [0.717, 1.165) is 37.8 Å². The number of carbonyl (C=O) groups is 2. The first-order valence-electron chi connectivity index (χ1n) is 12.9. The SMILES string of the molecule is CC(=O)c1cc(N=C(N)N(C#N)CCC[C@H]2C[C@H](Cc3ccc(F)cc3)CCN2CCF)cc(C(C)=O)c1. The van der Waals surface area contributed by atoms with Gasteiger partial charge in [0.25, 0.3) is 0 Å². The van der Waals surface area contributed by atoms with E-state index in [2.05, 4.69) is 16.1 Å². The van der Waals surface area contributed by atoms with E-state index < -0.39 is 6.67 Å². The number of hydrogen-bond acceptors (Lipinski definition) is 5. The summed E-state index contributed by atoms with van der Waals surface area (Å²) in [6.07, 6.45) is 6.18. The van der Waals surface area contributed by atoms with E-state index in [1.165, 1.54) is 49.1 Å². The number of ketones is 2. The van der Waals surface area contributed by atoms with Gasteiger partial charge in [0.15, 0.2) is 17.8 Å². The molecule has 2 aromatic rings. The average molecular weight is 524 g/mol. The Morgan fingerprint density at radius 3 is 2.39 bits per heavy atom. The topological polar surface area (TPSA) is 103 Å². The summed E-state index contributed by atoms with van der Waals surface area (Å²) in [7, 11) is 0. The molecule has 2 aromatic carbocycles. The molecule has 1 aliphatic rings. The molecular weight excluding hydrogens is 488 g/mol. The number of Topliss-reactive ketones (excluding diaryl/α,β-unsaturated/α-hetero) is 2. The highest BCUT2D eigenvalue weighted by atomic mass is 19.1. The van der Waals surface area contributed by atoms with Crippen LogP contribution >= 0.6 is 0 Å². The van der Waals surface area contributed by atoms with Gasteiger partial charge in [0.2, 0.25) is 5.96 Å². The second-order valence-electron chi connectivity index (χ2n) is 9.84. The monoisotopic (exact) mass is 523 g/mol. The molecule has 1 aliphatic heterocycles. The molecule has 0 radical (unpaired) electrons. The van der Waals surface area contributed by atoms with Crippen molar-refractivity contribution in [3.63, 3.8) is 0 Å². The van der Waals surface area contributed by atoms with E-state index >= 15 is 0 Å². The van der Waals surface area contributed by atoms with Crippen LogP contribution in [0, 0.1) is 23.2 Å². The highest BCUT2D eigenvalue weighted by Gasteiger charge is 2.28. The third kappa shape index (κ3) is 8.18. The fourth-order valence-corrected chi connectivity index (χ4v) is 5.00. The minimum atomic E-state index is -0.412. The van der Waals surface area contributed by atoms with Crippen molar-refractivity contribution in [2.75, 3.05) is 26.3 Å². The van der Waals surface area contributed by atoms with Crippen LogP contribution in [0.3, 0.4) is 0 Å². The van der Waals surface area contributed by atoms with Crippen molar-refractivity contribution in [3.8, 4) is 6.19 Å². The summed E-state index contributed by atoms with van der Waals surface area (Å²) >= 11 is 0. The van der Waals surface area contributed by atoms with Crippen LogP contribution in [0.25, 0.3) is 0 Å². The lowest BCUT2D eigenvalue weighted by atomic mass is 9.84. The van der Waals surface area contributed by atoms with Crippen LogP contribution in [0.4, 0.5) is 14.5 Å². The molecule has 1 fully saturated rings. The third-order valence-corrected chi connectivity index (χ3v) is 7.05. The first-order chi connectivity index (χ1) is 18.2. The maximum absolute atomic E-state index is 13.3. The second kappa shape index (κ2) is 13.8. The van der Waals surface area contributed by atoms with Gasteiger partial charge in [-0.2, -0.15) is 5.26 Å². The summed E-state index contributed by atoms with van der Waals surface area (Å²) in [5, 5.41) is 9.68. The van der Waals surface area contributed by atoms with E-state index in [9.17, 15) is 23.6 Å². The highest BCUT2D eigenvalue weighted by Crippen LogP contribution is 2.29. The molecule has 2 atom stereocenters. The van der Waals surface area contributed by atoms with Crippen molar-refractivity contribution in [1.82, 2.24) is 9.80 Å². The first-order valence-corrected chi connectivity index (χ1v) is 12.9. The average Bonchev–Trinajstić information content (AvgIpc) is 2.89. The number of aliphatic imine (C=N–C) groups is 1. The van der Waals surface area contributed by atoms with Gasteiger partial charge in [-0.1, -0.05) is 12.1 Å². The van der Waals surface area contributed by atoms with Gasteiger partial charge in [-0.3, -0.25) is 14.5 Å². The van der Waals surface area contributed by atoms with Crippen LogP contribution in [0.1, 0.15) is 65.8 Å². The molecule has 0 aliphatic carbocycles. The Balaban J connectivity index is 1.64. The standard InChI is InChI=1S/C29H35F2N5O2/c1-20(37)24-16-25(21(2)38)18-27(17-24)34-29(33)36(19-32)11-3-4-28-15-23(9-12-35(28)13-10-30)14-22-5-7-26(31)8-6-22/h5-8,16-18,23,28H,3-4,9-15H2,1-2H3,(H2,33,34)/t23-,28-/m0/s1. The van der Waals surface area contributed by atoms with E-state index in [0.29, 0.717) is 42.2 Å². The normalized spacial score (nSPS) is 18.1. The number of hydrogen-bond donors (Lipinski definition) is 1. The van der Waals surface area contributed by atoms with Crippen molar-refractivity contribution >= 4 is 23.2 Å². The lowest BCUT2D eigenvalue weighted by Crippen LogP contribution is -2.44. The Labute approximate surface area is 222 Å². The van der Waals surface area contributed by atoms with Crippen LogP contribution < -0.4 is 5.73 Å². The zero-order valence-electron chi connectivity index (χ0n) is 22.0. The molecule has 202 valence electrons. The van der Waals surface area contributed by atoms with E-state index in [1.807, 2.05) is 12.1 Å². The summed E-state index contributed by atoms with van der Waals surface area (Å²) in [5.74, 6) is -0.267. The summed E-state index contributed by atoms with van der Waals surface area (Å²) < 4.78 is 26.5. The van der Waals surface area contributed by atoms with E-state index in [-0.39, 0.29) is 29.4 Å². The smallest absolute Gasteiger partial charge is 0.209 e. The molecule has 1 saturated heterocycles. The van der Waals surface area contributed by atoms with Gasteiger partial charge in [0.05, 0.1) is 5.69 Å². The Kier molecular flexibility index (Phi) is 10.5. The summed E-state index contributed by atoms with van der Waals surface area (Å²) in [4.78, 5) is 31.5. The van der Waals surface area contributed by atoms with Gasteiger partial charge in [0, 0.05) is 30.3 Å². The van der Waals surface area contributed by atoms with Crippen molar-refractivity contribution < 1.29 is 18.4 Å². The molecule has 0 unspecified atom stereocenters. The van der Waals surface area contributed by atoms with Crippen molar-refractivity contribution in [1.29, 1.82) is 5.26 Å². The Bertz CT molecular complexity index is 1160. The molecule has 0 aromatic heterocycles.